The fourth-order valence-electron chi connectivity index (χ4n) is 4.64. The van der Waals surface area contributed by atoms with Crippen molar-refractivity contribution in [3.8, 4) is 0 Å². The molecule has 274 valence electrons. The molecule has 2 aromatic heterocycles. The van der Waals surface area contributed by atoms with E-state index in [1.807, 2.05) is 49.4 Å². The normalized spacial score (nSPS) is 13.7. The maximum Gasteiger partial charge on any atom is 0.302 e. The largest absolute Gasteiger partial charge is 0.603 e. The molecule has 0 saturated heterocycles. The number of nitro groups is 1. The number of H-pyrrole nitrogens is 1. The van der Waals surface area contributed by atoms with Crippen LogP contribution in [0.15, 0.2) is 95.4 Å². The molecule has 0 aliphatic heterocycles. The van der Waals surface area contributed by atoms with E-state index in [-0.39, 0.29) is 36.0 Å². The van der Waals surface area contributed by atoms with Gasteiger partial charge in [-0.3, -0.25) is 24.5 Å². The van der Waals surface area contributed by atoms with Crippen LogP contribution in [0.3, 0.4) is 0 Å². The van der Waals surface area contributed by atoms with E-state index in [1.165, 1.54) is 35.5 Å². The molecule has 0 radical (unpaired) electrons. The van der Waals surface area contributed by atoms with Crippen molar-refractivity contribution < 1.29 is 28.7 Å². The van der Waals surface area contributed by atoms with Gasteiger partial charge in [0.2, 0.25) is 25.6 Å². The molecule has 5 atom stereocenters. The number of amides is 3. The molecule has 52 heavy (non-hydrogen) atoms. The fraction of sp³-hybridized carbons (Fsp3) is 0.294. The van der Waals surface area contributed by atoms with Crippen molar-refractivity contribution in [3.63, 3.8) is 0 Å². The van der Waals surface area contributed by atoms with Gasteiger partial charge in [-0.2, -0.15) is 4.52 Å². The number of nitrogens with two attached hydrogens (primary N) is 1. The van der Waals surface area contributed by atoms with Crippen molar-refractivity contribution in [2.75, 3.05) is 0 Å². The van der Waals surface area contributed by atoms with Crippen LogP contribution >= 0.6 is 29.6 Å². The molecule has 18 heteroatoms. The van der Waals surface area contributed by atoms with Crippen LogP contribution in [0, 0.1) is 16.0 Å². The van der Waals surface area contributed by atoms with E-state index in [0.717, 1.165) is 32.6 Å². The zero-order chi connectivity index (χ0) is 37.5. The van der Waals surface area contributed by atoms with Gasteiger partial charge in [-0.15, -0.1) is 0 Å². The Balaban J connectivity index is 1.39. The molecule has 15 nitrogen and oxygen atoms in total. The average Bonchev–Trinajstić information content (AvgIpc) is 3.66. The summed E-state index contributed by atoms with van der Waals surface area (Å²) in [7, 11) is -0.191. The van der Waals surface area contributed by atoms with Crippen LogP contribution < -0.4 is 26.6 Å². The van der Waals surface area contributed by atoms with Gasteiger partial charge >= 0.3 is 5.69 Å². The van der Waals surface area contributed by atoms with E-state index in [9.17, 15) is 29.4 Å². The summed E-state index contributed by atoms with van der Waals surface area (Å²) in [5.41, 5.74) is 8.32. The van der Waals surface area contributed by atoms with Crippen LogP contribution in [0.25, 0.3) is 0 Å². The summed E-state index contributed by atoms with van der Waals surface area (Å²) >= 11 is 0. The fourth-order valence-corrected chi connectivity index (χ4v) is 7.53. The number of pyridine rings is 1. The number of aromatic amines is 1. The molecule has 0 aliphatic rings. The molecular formula is C34H39N8O7PS2. The highest BCUT2D eigenvalue weighted by molar-refractivity contribution is 8.76. The van der Waals surface area contributed by atoms with E-state index in [2.05, 4.69) is 30.9 Å². The first-order valence-electron chi connectivity index (χ1n) is 16.2. The van der Waals surface area contributed by atoms with Gasteiger partial charge in [-0.1, -0.05) is 67.1 Å². The summed E-state index contributed by atoms with van der Waals surface area (Å²) < 4.78 is 5.65. The Morgan fingerprint density at radius 2 is 1.79 bits per heavy atom. The second-order valence-corrected chi connectivity index (χ2v) is 14.8. The summed E-state index contributed by atoms with van der Waals surface area (Å²) in [6, 6.07) is 17.2. The number of rotatable bonds is 19. The van der Waals surface area contributed by atoms with E-state index in [0.29, 0.717) is 12.1 Å². The molecule has 0 spiro atoms. The second kappa shape index (κ2) is 20.4. The molecule has 3 unspecified atom stereocenters. The molecule has 4 aromatic rings. The van der Waals surface area contributed by atoms with Crippen LogP contribution in [0.2, 0.25) is 0 Å². The highest BCUT2D eigenvalue weighted by Gasteiger charge is 2.30. The molecule has 6 N–H and O–H groups in total. The Kier molecular flexibility index (Phi) is 15.8. The lowest BCUT2D eigenvalue weighted by molar-refractivity contribution is -0.388. The maximum atomic E-state index is 13.7. The quantitative estimate of drug-likeness (QED) is 0.0304. The van der Waals surface area contributed by atoms with Crippen molar-refractivity contribution in [1.82, 2.24) is 30.9 Å². The predicted molar refractivity (Wildman–Crippen MR) is 199 cm³/mol. The first-order chi connectivity index (χ1) is 25.0. The van der Waals surface area contributed by atoms with Crippen molar-refractivity contribution in [3.05, 3.63) is 112 Å². The molecule has 2 aromatic carbocycles. The average molecular weight is 767 g/mol. The molecule has 2 heterocycles. The zero-order valence-corrected chi connectivity index (χ0v) is 30.9. The third-order valence-corrected chi connectivity index (χ3v) is 10.8. The Bertz CT molecular complexity index is 1840. The Morgan fingerprint density at radius 1 is 1.02 bits per heavy atom. The van der Waals surface area contributed by atoms with Gasteiger partial charge < -0.3 is 31.6 Å². The van der Waals surface area contributed by atoms with E-state index in [1.54, 1.807) is 25.3 Å². The summed E-state index contributed by atoms with van der Waals surface area (Å²) in [5.74, 6) is -1.18. The van der Waals surface area contributed by atoms with Gasteiger partial charge in [0.25, 0.3) is 5.91 Å². The summed E-state index contributed by atoms with van der Waals surface area (Å²) in [5, 5.41) is 19.7. The Morgan fingerprint density at radius 3 is 2.50 bits per heavy atom. The predicted octanol–water partition coefficient (Wildman–Crippen LogP) is 3.41. The lowest BCUT2D eigenvalue weighted by atomic mass is 10.0. The van der Waals surface area contributed by atoms with Gasteiger partial charge in [0.1, 0.15) is 6.04 Å². The number of hydrogen-bond acceptors (Lipinski definition) is 12. The number of hydrogen-bond donors (Lipinski definition) is 5. The van der Waals surface area contributed by atoms with E-state index >= 15 is 0 Å². The highest BCUT2D eigenvalue weighted by atomic mass is 33.1. The minimum Gasteiger partial charge on any atom is -0.603 e. The Hall–Kier alpha value is -4.64. The summed E-state index contributed by atoms with van der Waals surface area (Å²) in [6.45, 7) is 3.90. The van der Waals surface area contributed by atoms with Crippen LogP contribution in [0.5, 0.6) is 0 Å². The van der Waals surface area contributed by atoms with Crippen LogP contribution in [0.4, 0.5) is 5.69 Å². The second-order valence-electron chi connectivity index (χ2n) is 11.6. The minimum absolute atomic E-state index is 0.0180. The van der Waals surface area contributed by atoms with Crippen molar-refractivity contribution in [2.45, 2.75) is 67.9 Å². The van der Waals surface area contributed by atoms with Crippen molar-refractivity contribution >= 4 is 58.8 Å². The molecule has 0 fully saturated rings. The summed E-state index contributed by atoms with van der Waals surface area (Å²) in [4.78, 5) is 75.0. The third kappa shape index (κ3) is 12.8. The van der Waals surface area contributed by atoms with Gasteiger partial charge in [-0.05, 0) is 53.0 Å². The van der Waals surface area contributed by atoms with Gasteiger partial charge in [-0.25, -0.2) is 9.97 Å². The van der Waals surface area contributed by atoms with Gasteiger partial charge in [0.05, 0.1) is 23.0 Å². The van der Waals surface area contributed by atoms with Gasteiger partial charge in [0, 0.05) is 42.2 Å². The lowest BCUT2D eigenvalue weighted by Crippen LogP contribution is -2.55. The van der Waals surface area contributed by atoms with Crippen molar-refractivity contribution in [2.24, 2.45) is 11.7 Å². The van der Waals surface area contributed by atoms with E-state index in [4.69, 9.17) is 10.3 Å². The topological polar surface area (TPSA) is 230 Å². The lowest BCUT2D eigenvalue weighted by Gasteiger charge is -2.25. The number of nitrogens with one attached hydrogen (secondary N) is 4. The molecule has 0 saturated carbocycles. The monoisotopic (exact) mass is 766 g/mol. The third-order valence-electron chi connectivity index (χ3n) is 7.65. The summed E-state index contributed by atoms with van der Waals surface area (Å²) in [6.07, 6.45) is 4.17. The Labute approximate surface area is 309 Å². The zero-order valence-electron chi connectivity index (χ0n) is 28.3. The molecule has 0 bridgehead atoms. The first kappa shape index (κ1) is 40.1. The minimum atomic E-state index is -2.61. The number of aromatic nitrogens is 3. The molecular weight excluding hydrogens is 728 g/mol. The van der Waals surface area contributed by atoms with Crippen LogP contribution in [-0.2, 0) is 38.3 Å². The molecule has 3 amide bonds. The molecule has 4 rings (SSSR count). The first-order valence-corrected chi connectivity index (χ1v) is 19.6. The standard InChI is InChI=1S/C34H39N8O7PS2/c1-3-22(2)33(49-50(48)20-30(43)38-18-23-9-5-4-6-10-23)41-32(45)28(17-25-19-36-21-39-25)40-31(44)27(35)16-24-11-7-12-26(15-24)51-52-34-29(42(46)47)13-8-14-37-34/h4-15,19-22,27-28,33H,3,16-18,35H2,1-2H3,(H,36,39)(H,38,43)(H,40,44)(H,41,45)/t22?,27-,28+,33?/m0/s1. The highest BCUT2D eigenvalue weighted by Crippen LogP contribution is 2.40. The number of nitrogens with zero attached hydrogens (tertiary/aromatic N) is 3. The maximum absolute atomic E-state index is 13.7. The van der Waals surface area contributed by atoms with Crippen LogP contribution in [0.1, 0.15) is 37.1 Å². The smallest absolute Gasteiger partial charge is 0.302 e. The molecule has 0 aliphatic carbocycles. The van der Waals surface area contributed by atoms with E-state index < -0.39 is 49.0 Å². The number of benzene rings is 2. The van der Waals surface area contributed by atoms with Crippen LogP contribution in [-0.4, -0.2) is 61.7 Å². The van der Waals surface area contributed by atoms with Gasteiger partial charge in [0.15, 0.2) is 11.3 Å². The number of carbonyl (C=O) groups excluding carboxylic acids is 3. The number of carbonyl (C=O) groups is 3. The number of imidazole rings is 1. The SMILES string of the molecule is CCC(C)C(NC(=O)[C@@H](Cc1c[nH]cn1)NC(=O)[C@@H](N)Cc1cccc(SSc2ncccc2[N+](=O)[O-])c1)O/[P+]([O-])=C/C(=O)NCc1ccccc1. The van der Waals surface area contributed by atoms with Crippen molar-refractivity contribution in [1.29, 1.82) is 0 Å².